The molecule has 2 N–H and O–H groups in total. The van der Waals surface area contributed by atoms with E-state index in [1.54, 1.807) is 16.8 Å². The summed E-state index contributed by atoms with van der Waals surface area (Å²) in [6.07, 6.45) is 4.99. The molecule has 1 aromatic heterocycles. The molecule has 158 valence electrons. The van der Waals surface area contributed by atoms with Crippen molar-refractivity contribution in [3.05, 3.63) is 48.0 Å². The van der Waals surface area contributed by atoms with Gasteiger partial charge in [-0.3, -0.25) is 4.99 Å². The van der Waals surface area contributed by atoms with E-state index in [1.807, 2.05) is 19.3 Å². The highest BCUT2D eigenvalue weighted by atomic mass is 19.1. The minimum Gasteiger partial charge on any atom is -0.356 e. The Labute approximate surface area is 173 Å². The molecule has 29 heavy (non-hydrogen) atoms. The lowest BCUT2D eigenvalue weighted by Crippen LogP contribution is -2.49. The summed E-state index contributed by atoms with van der Waals surface area (Å²) >= 11 is 0. The van der Waals surface area contributed by atoms with Crippen LogP contribution < -0.4 is 10.6 Å². The van der Waals surface area contributed by atoms with Crippen LogP contribution in [0.3, 0.4) is 0 Å². The van der Waals surface area contributed by atoms with Gasteiger partial charge in [0.2, 0.25) is 0 Å². The fourth-order valence-corrected chi connectivity index (χ4v) is 3.71. The number of guanidine groups is 1. The van der Waals surface area contributed by atoms with Crippen LogP contribution in [0.25, 0.3) is 5.69 Å². The minimum absolute atomic E-state index is 0.241. The first kappa shape index (κ1) is 21.3. The van der Waals surface area contributed by atoms with Crippen LogP contribution in [0.4, 0.5) is 4.39 Å². The van der Waals surface area contributed by atoms with Gasteiger partial charge in [-0.05, 0) is 49.1 Å². The smallest absolute Gasteiger partial charge is 0.191 e. The second-order valence-corrected chi connectivity index (χ2v) is 8.09. The normalized spacial score (nSPS) is 16.4. The van der Waals surface area contributed by atoms with Gasteiger partial charge < -0.3 is 15.5 Å². The van der Waals surface area contributed by atoms with E-state index in [4.69, 9.17) is 0 Å². The van der Waals surface area contributed by atoms with Crippen molar-refractivity contribution in [2.75, 3.05) is 33.2 Å². The maximum Gasteiger partial charge on any atom is 0.191 e. The molecule has 2 aromatic rings. The summed E-state index contributed by atoms with van der Waals surface area (Å²) in [4.78, 5) is 6.91. The molecular weight excluding hydrogens is 367 g/mol. The summed E-state index contributed by atoms with van der Waals surface area (Å²) in [6, 6.07) is 8.81. The molecule has 0 bridgehead atoms. The second-order valence-electron chi connectivity index (χ2n) is 8.09. The van der Waals surface area contributed by atoms with Crippen molar-refractivity contribution in [1.29, 1.82) is 0 Å². The quantitative estimate of drug-likeness (QED) is 0.554. The number of nitrogens with one attached hydrogen (secondary N) is 2. The van der Waals surface area contributed by atoms with Gasteiger partial charge in [-0.1, -0.05) is 13.8 Å². The van der Waals surface area contributed by atoms with Crippen LogP contribution in [0.1, 0.15) is 32.4 Å². The SMILES string of the molecule is CN=C(NCCc1ccn(-c2ccc(F)cc2)n1)NC1CCN(CC(C)C)CC1. The second kappa shape index (κ2) is 10.4. The maximum absolute atomic E-state index is 13.1. The summed E-state index contributed by atoms with van der Waals surface area (Å²) < 4.78 is 14.8. The Morgan fingerprint density at radius 2 is 1.93 bits per heavy atom. The molecule has 0 saturated carbocycles. The zero-order chi connectivity index (χ0) is 20.6. The Kier molecular flexibility index (Phi) is 7.63. The van der Waals surface area contributed by atoms with E-state index in [9.17, 15) is 4.39 Å². The Bertz CT molecular complexity index is 775. The molecule has 1 saturated heterocycles. The van der Waals surface area contributed by atoms with E-state index in [0.717, 1.165) is 62.2 Å². The van der Waals surface area contributed by atoms with Crippen molar-refractivity contribution in [2.45, 2.75) is 39.2 Å². The molecule has 1 fully saturated rings. The maximum atomic E-state index is 13.1. The van der Waals surface area contributed by atoms with Gasteiger partial charge in [0.1, 0.15) is 5.82 Å². The lowest BCUT2D eigenvalue weighted by Gasteiger charge is -2.33. The van der Waals surface area contributed by atoms with E-state index in [2.05, 4.69) is 39.5 Å². The number of aliphatic imine (C=N–C) groups is 1. The first-order valence-electron chi connectivity index (χ1n) is 10.5. The Balaban J connectivity index is 1.41. The highest BCUT2D eigenvalue weighted by molar-refractivity contribution is 5.79. The van der Waals surface area contributed by atoms with Crippen molar-refractivity contribution in [2.24, 2.45) is 10.9 Å². The van der Waals surface area contributed by atoms with Gasteiger partial charge in [-0.25, -0.2) is 9.07 Å². The number of halogens is 1. The third kappa shape index (κ3) is 6.56. The molecule has 1 aromatic carbocycles. The van der Waals surface area contributed by atoms with Crippen LogP contribution in [0.15, 0.2) is 41.5 Å². The van der Waals surface area contributed by atoms with Gasteiger partial charge in [0.25, 0.3) is 0 Å². The largest absolute Gasteiger partial charge is 0.356 e. The van der Waals surface area contributed by atoms with Crippen molar-refractivity contribution >= 4 is 5.96 Å². The number of hydrogen-bond donors (Lipinski definition) is 2. The molecular formula is C22H33FN6. The summed E-state index contributed by atoms with van der Waals surface area (Å²) in [6.45, 7) is 8.79. The zero-order valence-corrected chi connectivity index (χ0v) is 17.7. The summed E-state index contributed by atoms with van der Waals surface area (Å²) in [7, 11) is 1.81. The number of hydrogen-bond acceptors (Lipinski definition) is 3. The van der Waals surface area contributed by atoms with E-state index in [0.29, 0.717) is 6.04 Å². The monoisotopic (exact) mass is 400 g/mol. The van der Waals surface area contributed by atoms with E-state index >= 15 is 0 Å². The van der Waals surface area contributed by atoms with Crippen LogP contribution in [-0.2, 0) is 6.42 Å². The van der Waals surface area contributed by atoms with E-state index < -0.39 is 0 Å². The number of rotatable bonds is 7. The molecule has 0 amide bonds. The fraction of sp³-hybridized carbons (Fsp3) is 0.545. The average molecular weight is 401 g/mol. The molecule has 1 aliphatic rings. The Morgan fingerprint density at radius 1 is 1.21 bits per heavy atom. The molecule has 1 aliphatic heterocycles. The molecule has 0 atom stereocenters. The van der Waals surface area contributed by atoms with Gasteiger partial charge in [0.05, 0.1) is 11.4 Å². The molecule has 7 heteroatoms. The van der Waals surface area contributed by atoms with Crippen LogP contribution in [-0.4, -0.2) is 59.9 Å². The highest BCUT2D eigenvalue weighted by Gasteiger charge is 2.20. The first-order valence-corrected chi connectivity index (χ1v) is 10.5. The molecule has 6 nitrogen and oxygen atoms in total. The molecule has 0 aliphatic carbocycles. The van der Waals surface area contributed by atoms with Crippen LogP contribution in [0, 0.1) is 11.7 Å². The lowest BCUT2D eigenvalue weighted by molar-refractivity contribution is 0.187. The van der Waals surface area contributed by atoms with Gasteiger partial charge >= 0.3 is 0 Å². The summed E-state index contributed by atoms with van der Waals surface area (Å²) in [5.41, 5.74) is 1.84. The third-order valence-electron chi connectivity index (χ3n) is 5.18. The van der Waals surface area contributed by atoms with Gasteiger partial charge in [0, 0.05) is 51.9 Å². The van der Waals surface area contributed by atoms with Crippen molar-refractivity contribution in [3.8, 4) is 5.69 Å². The fourth-order valence-electron chi connectivity index (χ4n) is 3.71. The van der Waals surface area contributed by atoms with Gasteiger partial charge in [-0.2, -0.15) is 5.10 Å². The summed E-state index contributed by atoms with van der Waals surface area (Å²) in [5, 5.41) is 11.5. The number of benzene rings is 1. The molecule has 0 radical (unpaired) electrons. The molecule has 0 unspecified atom stereocenters. The van der Waals surface area contributed by atoms with Crippen LogP contribution in [0.2, 0.25) is 0 Å². The van der Waals surface area contributed by atoms with Crippen LogP contribution in [0.5, 0.6) is 0 Å². The molecule has 2 heterocycles. The van der Waals surface area contributed by atoms with Gasteiger partial charge in [-0.15, -0.1) is 0 Å². The zero-order valence-electron chi connectivity index (χ0n) is 17.7. The number of nitrogens with zero attached hydrogens (tertiary/aromatic N) is 4. The van der Waals surface area contributed by atoms with Crippen molar-refractivity contribution < 1.29 is 4.39 Å². The summed E-state index contributed by atoms with van der Waals surface area (Å²) in [5.74, 6) is 1.33. The van der Waals surface area contributed by atoms with Crippen LogP contribution >= 0.6 is 0 Å². The first-order chi connectivity index (χ1) is 14.0. The number of piperidine rings is 1. The third-order valence-corrected chi connectivity index (χ3v) is 5.18. The topological polar surface area (TPSA) is 57.5 Å². The Morgan fingerprint density at radius 3 is 2.59 bits per heavy atom. The van der Waals surface area contributed by atoms with Crippen molar-refractivity contribution in [3.63, 3.8) is 0 Å². The van der Waals surface area contributed by atoms with E-state index in [1.165, 1.54) is 18.7 Å². The average Bonchev–Trinajstić information content (AvgIpc) is 3.17. The Hall–Kier alpha value is -2.41. The number of aromatic nitrogens is 2. The molecule has 0 spiro atoms. The van der Waals surface area contributed by atoms with Crippen molar-refractivity contribution in [1.82, 2.24) is 25.3 Å². The minimum atomic E-state index is -0.241. The highest BCUT2D eigenvalue weighted by Crippen LogP contribution is 2.12. The standard InChI is InChI=1S/C22H33FN6/c1-17(2)16-28-13-9-19(10-14-28)26-22(24-3)25-12-8-20-11-15-29(27-20)21-6-4-18(23)5-7-21/h4-7,11,15,17,19H,8-10,12-14,16H2,1-3H3,(H2,24,25,26). The molecule has 3 rings (SSSR count). The van der Waals surface area contributed by atoms with E-state index in [-0.39, 0.29) is 5.82 Å². The lowest BCUT2D eigenvalue weighted by atomic mass is 10.0. The number of likely N-dealkylation sites (tertiary alicyclic amines) is 1. The van der Waals surface area contributed by atoms with Gasteiger partial charge in [0.15, 0.2) is 5.96 Å². The predicted molar refractivity (Wildman–Crippen MR) is 116 cm³/mol. The predicted octanol–water partition coefficient (Wildman–Crippen LogP) is 2.84.